The van der Waals surface area contributed by atoms with Crippen molar-refractivity contribution in [1.82, 2.24) is 25.5 Å². The highest BCUT2D eigenvalue weighted by molar-refractivity contribution is 5.91. The van der Waals surface area contributed by atoms with Crippen LogP contribution in [0.2, 0.25) is 0 Å². The zero-order valence-corrected chi connectivity index (χ0v) is 21.0. The second kappa shape index (κ2) is 11.9. The molecule has 0 saturated carbocycles. The van der Waals surface area contributed by atoms with Gasteiger partial charge in [0.25, 0.3) is 0 Å². The Morgan fingerprint density at radius 1 is 1.14 bits per heavy atom. The van der Waals surface area contributed by atoms with Gasteiger partial charge in [-0.25, -0.2) is 14.2 Å². The van der Waals surface area contributed by atoms with Gasteiger partial charge in [-0.2, -0.15) is 0 Å². The minimum absolute atomic E-state index is 0.0269. The van der Waals surface area contributed by atoms with Gasteiger partial charge in [0, 0.05) is 12.6 Å². The van der Waals surface area contributed by atoms with Crippen LogP contribution in [0.25, 0.3) is 11.0 Å². The minimum atomic E-state index is -1.16. The maximum atomic E-state index is 14.1. The van der Waals surface area contributed by atoms with E-state index in [0.717, 1.165) is 24.8 Å². The lowest BCUT2D eigenvalue weighted by Gasteiger charge is -2.34. The number of carbonyl (C=O) groups excluding carboxylic acids is 3. The Kier molecular flexibility index (Phi) is 8.37. The number of amides is 3. The lowest BCUT2D eigenvalue weighted by molar-refractivity contribution is -0.137. The van der Waals surface area contributed by atoms with Gasteiger partial charge in [-0.3, -0.25) is 9.59 Å². The van der Waals surface area contributed by atoms with E-state index in [9.17, 15) is 18.8 Å². The van der Waals surface area contributed by atoms with E-state index in [2.05, 4.69) is 20.6 Å². The van der Waals surface area contributed by atoms with Crippen LogP contribution in [0.4, 0.5) is 9.18 Å². The predicted octanol–water partition coefficient (Wildman–Crippen LogP) is 3.97. The van der Waals surface area contributed by atoms with Gasteiger partial charge in [-0.15, -0.1) is 0 Å². The summed E-state index contributed by atoms with van der Waals surface area (Å²) in [5.41, 5.74) is 1.47. The molecule has 0 bridgehead atoms. The van der Waals surface area contributed by atoms with Crippen molar-refractivity contribution in [1.29, 1.82) is 0 Å². The number of aromatic nitrogens is 2. The first kappa shape index (κ1) is 26.1. The molecular formula is C27H32FN5O4. The summed E-state index contributed by atoms with van der Waals surface area (Å²) in [6.45, 7) is 4.32. The summed E-state index contributed by atoms with van der Waals surface area (Å²) in [7, 11) is 0. The monoisotopic (exact) mass is 509 g/mol. The molecule has 1 saturated heterocycles. The number of para-hydroxylation sites is 1. The number of piperidine rings is 1. The van der Waals surface area contributed by atoms with E-state index in [0.29, 0.717) is 17.9 Å². The van der Waals surface area contributed by atoms with Crippen LogP contribution in [0, 0.1) is 5.82 Å². The predicted molar refractivity (Wildman–Crippen MR) is 136 cm³/mol. The summed E-state index contributed by atoms with van der Waals surface area (Å²) in [5, 5.41) is 5.33. The average Bonchev–Trinajstić information content (AvgIpc) is 3.34. The number of carbonyl (C=O) groups is 3. The van der Waals surface area contributed by atoms with E-state index in [1.807, 2.05) is 37.3 Å². The normalized spacial score (nSPS) is 17.2. The van der Waals surface area contributed by atoms with Crippen LogP contribution in [0.5, 0.6) is 0 Å². The van der Waals surface area contributed by atoms with Crippen molar-refractivity contribution in [2.24, 2.45) is 0 Å². The van der Waals surface area contributed by atoms with Crippen molar-refractivity contribution >= 4 is 28.9 Å². The van der Waals surface area contributed by atoms with Crippen molar-refractivity contribution < 1.29 is 23.5 Å². The molecule has 2 heterocycles. The molecule has 4 rings (SSSR count). The number of nitrogens with one attached hydrogen (secondary N) is 3. The standard InChI is InChI=1S/C27H32FN5O4/c1-17-9-6-7-14-33(17)23(34)15-22(31-27(36)37-16-19-10-4-3-5-11-19)26(35)29-18(2)25-30-21-13-8-12-20(28)24(21)32-25/h3-5,8,10-13,17-18,22H,6-7,9,14-16H2,1-2H3,(H,29,35)(H,30,32)(H,31,36)/t17-,18-,22-/m0/s1. The van der Waals surface area contributed by atoms with Crippen LogP contribution in [0.3, 0.4) is 0 Å². The van der Waals surface area contributed by atoms with Gasteiger partial charge >= 0.3 is 6.09 Å². The van der Waals surface area contributed by atoms with Crippen molar-refractivity contribution in [2.75, 3.05) is 6.54 Å². The molecule has 3 N–H and O–H groups in total. The van der Waals surface area contributed by atoms with Crippen LogP contribution < -0.4 is 10.6 Å². The first-order chi connectivity index (χ1) is 17.8. The van der Waals surface area contributed by atoms with E-state index in [1.165, 1.54) is 6.07 Å². The van der Waals surface area contributed by atoms with Gasteiger partial charge < -0.3 is 25.3 Å². The number of ether oxygens (including phenoxy) is 1. The highest BCUT2D eigenvalue weighted by Crippen LogP contribution is 2.20. The molecule has 0 spiro atoms. The van der Waals surface area contributed by atoms with Gasteiger partial charge in [-0.1, -0.05) is 36.4 Å². The number of likely N-dealkylation sites (tertiary alicyclic amines) is 1. The molecule has 0 radical (unpaired) electrons. The number of nitrogens with zero attached hydrogens (tertiary/aromatic N) is 2. The maximum Gasteiger partial charge on any atom is 0.408 e. The number of hydrogen-bond acceptors (Lipinski definition) is 5. The number of aromatic amines is 1. The van der Waals surface area contributed by atoms with Crippen LogP contribution >= 0.6 is 0 Å². The van der Waals surface area contributed by atoms with E-state index >= 15 is 0 Å². The van der Waals surface area contributed by atoms with Gasteiger partial charge in [-0.05, 0) is 50.8 Å². The molecule has 196 valence electrons. The van der Waals surface area contributed by atoms with Crippen molar-refractivity contribution in [3.05, 3.63) is 65.7 Å². The molecule has 3 amide bonds. The van der Waals surface area contributed by atoms with Crippen LogP contribution in [0.1, 0.15) is 57.0 Å². The summed E-state index contributed by atoms with van der Waals surface area (Å²) in [5.74, 6) is -0.896. The van der Waals surface area contributed by atoms with Gasteiger partial charge in [0.15, 0.2) is 5.82 Å². The molecule has 37 heavy (non-hydrogen) atoms. The molecule has 0 aliphatic carbocycles. The molecule has 9 nitrogen and oxygen atoms in total. The first-order valence-corrected chi connectivity index (χ1v) is 12.5. The highest BCUT2D eigenvalue weighted by atomic mass is 19.1. The van der Waals surface area contributed by atoms with Gasteiger partial charge in [0.1, 0.15) is 24.0 Å². The number of alkyl carbamates (subject to hydrolysis) is 1. The second-order valence-electron chi connectivity index (χ2n) is 9.38. The molecule has 1 aliphatic rings. The number of H-pyrrole nitrogens is 1. The molecule has 2 aromatic carbocycles. The zero-order valence-electron chi connectivity index (χ0n) is 21.0. The second-order valence-corrected chi connectivity index (χ2v) is 9.38. The van der Waals surface area contributed by atoms with E-state index in [-0.39, 0.29) is 30.5 Å². The number of hydrogen-bond donors (Lipinski definition) is 3. The molecule has 0 unspecified atom stereocenters. The molecule has 1 aromatic heterocycles. The van der Waals surface area contributed by atoms with Crippen molar-refractivity contribution in [3.63, 3.8) is 0 Å². The SMILES string of the molecule is C[C@H](NC(=O)[C@H](CC(=O)N1CCCC[C@@H]1C)NC(=O)OCc1ccccc1)c1nc2c(F)cccc2[nH]1. The smallest absolute Gasteiger partial charge is 0.408 e. The molecule has 10 heteroatoms. The number of rotatable bonds is 8. The van der Waals surface area contributed by atoms with E-state index in [1.54, 1.807) is 24.0 Å². The van der Waals surface area contributed by atoms with Crippen molar-refractivity contribution in [3.8, 4) is 0 Å². The number of fused-ring (bicyclic) bond motifs is 1. The molecule has 3 atom stereocenters. The third-order valence-electron chi connectivity index (χ3n) is 6.57. The lowest BCUT2D eigenvalue weighted by atomic mass is 10.0. The van der Waals surface area contributed by atoms with Gasteiger partial charge in [0.05, 0.1) is 18.0 Å². The molecule has 1 aliphatic heterocycles. The summed E-state index contributed by atoms with van der Waals surface area (Å²) in [6, 6.07) is 12.0. The maximum absolute atomic E-state index is 14.1. The summed E-state index contributed by atoms with van der Waals surface area (Å²) < 4.78 is 19.4. The van der Waals surface area contributed by atoms with Crippen LogP contribution in [-0.2, 0) is 20.9 Å². The zero-order chi connectivity index (χ0) is 26.4. The topological polar surface area (TPSA) is 116 Å². The third-order valence-corrected chi connectivity index (χ3v) is 6.57. The fourth-order valence-corrected chi connectivity index (χ4v) is 4.48. The van der Waals surface area contributed by atoms with Crippen LogP contribution in [-0.4, -0.2) is 51.4 Å². The third kappa shape index (κ3) is 6.63. The largest absolute Gasteiger partial charge is 0.445 e. The first-order valence-electron chi connectivity index (χ1n) is 12.5. The molecular weight excluding hydrogens is 477 g/mol. The quantitative estimate of drug-likeness (QED) is 0.425. The Hall–Kier alpha value is -3.95. The van der Waals surface area contributed by atoms with Crippen molar-refractivity contribution in [2.45, 2.75) is 64.3 Å². The lowest BCUT2D eigenvalue weighted by Crippen LogP contribution is -2.51. The number of benzene rings is 2. The Balaban J connectivity index is 1.45. The van der Waals surface area contributed by atoms with E-state index < -0.39 is 29.9 Å². The Labute approximate surface area is 214 Å². The summed E-state index contributed by atoms with van der Waals surface area (Å²) in [4.78, 5) is 47.9. The van der Waals surface area contributed by atoms with Crippen LogP contribution in [0.15, 0.2) is 48.5 Å². The van der Waals surface area contributed by atoms with E-state index in [4.69, 9.17) is 4.74 Å². The minimum Gasteiger partial charge on any atom is -0.445 e. The molecule has 3 aromatic rings. The summed E-state index contributed by atoms with van der Waals surface area (Å²) >= 11 is 0. The number of imidazole rings is 1. The number of halogens is 1. The fourth-order valence-electron chi connectivity index (χ4n) is 4.48. The average molecular weight is 510 g/mol. The Morgan fingerprint density at radius 3 is 2.65 bits per heavy atom. The molecule has 1 fully saturated rings. The fraction of sp³-hybridized carbons (Fsp3) is 0.407. The van der Waals surface area contributed by atoms with Gasteiger partial charge in [0.2, 0.25) is 11.8 Å². The Morgan fingerprint density at radius 2 is 1.92 bits per heavy atom. The highest BCUT2D eigenvalue weighted by Gasteiger charge is 2.31. The summed E-state index contributed by atoms with van der Waals surface area (Å²) in [6.07, 6.45) is 1.84. The Bertz CT molecular complexity index is 1250.